The number of hydrogen-bond donors (Lipinski definition) is 2. The molecule has 0 aromatic heterocycles. The van der Waals surface area contributed by atoms with E-state index in [1.165, 1.54) is 0 Å². The van der Waals surface area contributed by atoms with Crippen LogP contribution in [0.25, 0.3) is 0 Å². The summed E-state index contributed by atoms with van der Waals surface area (Å²) in [5.41, 5.74) is 0.000179. The molecule has 0 spiro atoms. The predicted molar refractivity (Wildman–Crippen MR) is 85.8 cm³/mol. The van der Waals surface area contributed by atoms with Crippen LogP contribution in [0.5, 0.6) is 0 Å². The molecule has 2 unspecified atom stereocenters. The molecule has 1 saturated carbocycles. The fourth-order valence-corrected chi connectivity index (χ4v) is 3.09. The molecule has 6 heteroatoms. The zero-order chi connectivity index (χ0) is 15.3. The van der Waals surface area contributed by atoms with Crippen molar-refractivity contribution in [3.8, 4) is 0 Å². The Bertz CT molecular complexity index is 403. The first-order valence-corrected chi connectivity index (χ1v) is 8.37. The van der Waals surface area contributed by atoms with Crippen LogP contribution in [0.4, 0.5) is 0 Å². The molecular weight excluding hydrogens is 390 g/mol. The molecule has 114 valence electrons. The van der Waals surface area contributed by atoms with Gasteiger partial charge >= 0.3 is 5.97 Å². The second-order valence-electron chi connectivity index (χ2n) is 5.78. The summed E-state index contributed by atoms with van der Waals surface area (Å²) in [7, 11) is 0. The molecule has 1 aliphatic rings. The monoisotopic (exact) mass is 409 g/mol. The summed E-state index contributed by atoms with van der Waals surface area (Å²) in [6, 6.07) is 0. The smallest absolute Gasteiger partial charge is 0.303 e. The summed E-state index contributed by atoms with van der Waals surface area (Å²) < 4.78 is 0.882. The average molecular weight is 411 g/mol. The number of carbonyl (C=O) groups excluding carboxylic acids is 1. The van der Waals surface area contributed by atoms with Gasteiger partial charge in [0.2, 0.25) is 5.91 Å². The van der Waals surface area contributed by atoms with E-state index in [0.29, 0.717) is 13.0 Å². The van der Waals surface area contributed by atoms with Crippen molar-refractivity contribution in [1.82, 2.24) is 5.32 Å². The third kappa shape index (κ3) is 5.20. The van der Waals surface area contributed by atoms with E-state index < -0.39 is 5.97 Å². The Morgan fingerprint density at radius 1 is 1.25 bits per heavy atom. The lowest BCUT2D eigenvalue weighted by Crippen LogP contribution is -2.27. The number of aliphatic carboxylic acids is 1. The Hall–Kier alpha value is -0.360. The Balaban J connectivity index is 2.24. The maximum absolute atomic E-state index is 12.1. The molecule has 0 aromatic carbocycles. The van der Waals surface area contributed by atoms with Gasteiger partial charge in [-0.3, -0.25) is 9.59 Å². The van der Waals surface area contributed by atoms with E-state index in [0.717, 1.165) is 16.2 Å². The van der Waals surface area contributed by atoms with Gasteiger partial charge in [0.1, 0.15) is 0 Å². The van der Waals surface area contributed by atoms with Gasteiger partial charge in [0.15, 0.2) is 0 Å². The van der Waals surface area contributed by atoms with Crippen LogP contribution in [0.15, 0.2) is 9.47 Å². The summed E-state index contributed by atoms with van der Waals surface area (Å²) in [5, 5.41) is 11.5. The Morgan fingerprint density at radius 2 is 1.90 bits per heavy atom. The highest BCUT2D eigenvalue weighted by Crippen LogP contribution is 2.59. The van der Waals surface area contributed by atoms with Crippen LogP contribution in [0.1, 0.15) is 39.5 Å². The minimum Gasteiger partial charge on any atom is -0.481 e. The first kappa shape index (κ1) is 17.7. The summed E-state index contributed by atoms with van der Waals surface area (Å²) in [4.78, 5) is 22.4. The maximum atomic E-state index is 12.1. The van der Waals surface area contributed by atoms with Crippen LogP contribution in [0.2, 0.25) is 0 Å². The van der Waals surface area contributed by atoms with Crippen molar-refractivity contribution in [1.29, 1.82) is 0 Å². The number of nitrogens with one attached hydrogen (secondary N) is 1. The van der Waals surface area contributed by atoms with Gasteiger partial charge in [-0.15, -0.1) is 0 Å². The highest BCUT2D eigenvalue weighted by Gasteiger charge is 2.60. The fourth-order valence-electron chi connectivity index (χ4n) is 2.52. The molecule has 2 N–H and O–H groups in total. The lowest BCUT2D eigenvalue weighted by molar-refractivity contribution is -0.137. The van der Waals surface area contributed by atoms with E-state index in [2.05, 4.69) is 51.0 Å². The molecule has 4 nitrogen and oxygen atoms in total. The number of carboxylic acids is 1. The van der Waals surface area contributed by atoms with Crippen molar-refractivity contribution in [3.63, 3.8) is 0 Å². The number of rotatable bonds is 8. The third-order valence-corrected chi connectivity index (χ3v) is 4.39. The molecule has 0 aliphatic heterocycles. The largest absolute Gasteiger partial charge is 0.481 e. The van der Waals surface area contributed by atoms with Crippen LogP contribution >= 0.6 is 31.9 Å². The lowest BCUT2D eigenvalue weighted by atomic mass is 10.1. The molecule has 0 heterocycles. The summed E-state index contributed by atoms with van der Waals surface area (Å²) in [6.45, 7) is 4.80. The van der Waals surface area contributed by atoms with Crippen molar-refractivity contribution < 1.29 is 14.7 Å². The first-order valence-electron chi connectivity index (χ1n) is 6.79. The topological polar surface area (TPSA) is 66.4 Å². The van der Waals surface area contributed by atoms with Crippen molar-refractivity contribution in [2.24, 2.45) is 17.3 Å². The molecule has 1 amide bonds. The minimum atomic E-state index is -0.760. The third-order valence-electron chi connectivity index (χ3n) is 3.87. The van der Waals surface area contributed by atoms with E-state index in [4.69, 9.17) is 5.11 Å². The van der Waals surface area contributed by atoms with Crippen molar-refractivity contribution in [2.45, 2.75) is 39.5 Å². The molecular formula is C14H21Br2NO3. The molecule has 0 saturated heterocycles. The zero-order valence-electron chi connectivity index (χ0n) is 11.8. The Kier molecular flexibility index (Phi) is 6.72. The van der Waals surface area contributed by atoms with Crippen molar-refractivity contribution >= 4 is 43.7 Å². The standard InChI is InChI=1S/C14H21Br2NO3/c1-14(2)9(8-10(15)16)12(14)13(20)17-7-5-3-4-6-11(18)19/h8-9,12H,3-7H2,1-2H3,(H,17,20)(H,18,19). The summed E-state index contributed by atoms with van der Waals surface area (Å²) in [5.74, 6) is -0.394. The van der Waals surface area contributed by atoms with Crippen LogP contribution in [-0.2, 0) is 9.59 Å². The van der Waals surface area contributed by atoms with Gasteiger partial charge in [-0.2, -0.15) is 0 Å². The van der Waals surface area contributed by atoms with Gasteiger partial charge in [0, 0.05) is 13.0 Å². The van der Waals surface area contributed by atoms with Gasteiger partial charge in [-0.05, 0) is 56.0 Å². The number of hydrogen-bond acceptors (Lipinski definition) is 2. The number of carboxylic acid groups (broad SMARTS) is 1. The van der Waals surface area contributed by atoms with E-state index in [9.17, 15) is 9.59 Å². The SMILES string of the molecule is CC1(C)C(C=C(Br)Br)C1C(=O)NCCCCCC(=O)O. The number of carbonyl (C=O) groups is 2. The number of amides is 1. The van der Waals surface area contributed by atoms with Gasteiger partial charge in [-0.25, -0.2) is 0 Å². The predicted octanol–water partition coefficient (Wildman–Crippen LogP) is 3.65. The minimum absolute atomic E-state index is 0.000179. The second kappa shape index (κ2) is 7.59. The summed E-state index contributed by atoms with van der Waals surface area (Å²) >= 11 is 6.67. The number of unbranched alkanes of at least 4 members (excludes halogenated alkanes) is 2. The van der Waals surface area contributed by atoms with Gasteiger partial charge in [0.05, 0.1) is 9.31 Å². The lowest BCUT2D eigenvalue weighted by Gasteiger charge is -2.05. The quantitative estimate of drug-likeness (QED) is 0.600. The molecule has 0 aromatic rings. The Morgan fingerprint density at radius 3 is 2.45 bits per heavy atom. The molecule has 1 aliphatic carbocycles. The van der Waals surface area contributed by atoms with Gasteiger partial charge < -0.3 is 10.4 Å². The van der Waals surface area contributed by atoms with Crippen LogP contribution in [-0.4, -0.2) is 23.5 Å². The van der Waals surface area contributed by atoms with E-state index in [1.807, 2.05) is 6.08 Å². The van der Waals surface area contributed by atoms with E-state index in [1.54, 1.807) is 0 Å². The second-order valence-corrected chi connectivity index (χ2v) is 8.55. The van der Waals surface area contributed by atoms with Crippen LogP contribution in [0.3, 0.4) is 0 Å². The molecule has 0 bridgehead atoms. The van der Waals surface area contributed by atoms with Gasteiger partial charge in [-0.1, -0.05) is 26.3 Å². The summed E-state index contributed by atoms with van der Waals surface area (Å²) in [6.07, 6.45) is 4.56. The normalized spacial score (nSPS) is 23.0. The number of halogens is 2. The van der Waals surface area contributed by atoms with E-state index in [-0.39, 0.29) is 29.6 Å². The van der Waals surface area contributed by atoms with Crippen molar-refractivity contribution in [2.75, 3.05) is 6.54 Å². The zero-order valence-corrected chi connectivity index (χ0v) is 15.0. The van der Waals surface area contributed by atoms with E-state index >= 15 is 0 Å². The highest BCUT2D eigenvalue weighted by molar-refractivity contribution is 9.28. The maximum Gasteiger partial charge on any atom is 0.303 e. The Labute approximate surface area is 136 Å². The van der Waals surface area contributed by atoms with Crippen LogP contribution in [0, 0.1) is 17.3 Å². The number of allylic oxidation sites excluding steroid dienone is 1. The average Bonchev–Trinajstić information content (AvgIpc) is 2.83. The molecule has 1 fully saturated rings. The highest BCUT2D eigenvalue weighted by atomic mass is 79.9. The molecule has 2 atom stereocenters. The molecule has 1 rings (SSSR count). The van der Waals surface area contributed by atoms with Crippen molar-refractivity contribution in [3.05, 3.63) is 9.47 Å². The fraction of sp³-hybridized carbons (Fsp3) is 0.714. The molecule has 20 heavy (non-hydrogen) atoms. The molecule has 0 radical (unpaired) electrons. The van der Waals surface area contributed by atoms with Crippen LogP contribution < -0.4 is 5.32 Å². The first-order chi connectivity index (χ1) is 9.26. The van der Waals surface area contributed by atoms with Gasteiger partial charge in [0.25, 0.3) is 0 Å².